The fourth-order valence-electron chi connectivity index (χ4n) is 4.50. The van der Waals surface area contributed by atoms with Gasteiger partial charge in [-0.3, -0.25) is 14.5 Å². The molecule has 1 amide bonds. The predicted molar refractivity (Wildman–Crippen MR) is 130 cm³/mol. The zero-order valence-corrected chi connectivity index (χ0v) is 20.1. The molecule has 7 nitrogen and oxygen atoms in total. The third-order valence-electron chi connectivity index (χ3n) is 6.40. The van der Waals surface area contributed by atoms with Crippen LogP contribution in [0.15, 0.2) is 48.0 Å². The fraction of sp³-hybridized carbons (Fsp3) is 0.407. The summed E-state index contributed by atoms with van der Waals surface area (Å²) in [6.07, 6.45) is 0.868. The Hall–Kier alpha value is -3.23. The molecule has 0 spiro atoms. The number of carbonyl (C=O) groups is 2. The summed E-state index contributed by atoms with van der Waals surface area (Å²) in [6, 6.07) is 10.0. The zero-order chi connectivity index (χ0) is 24.9. The Labute approximate surface area is 204 Å². The highest BCUT2D eigenvalue weighted by Gasteiger charge is 2.46. The van der Waals surface area contributed by atoms with Crippen molar-refractivity contribution >= 4 is 17.4 Å². The summed E-state index contributed by atoms with van der Waals surface area (Å²) in [6.45, 7) is 8.06. The maximum atomic E-state index is 13.7. The van der Waals surface area contributed by atoms with E-state index in [0.29, 0.717) is 49.8 Å². The van der Waals surface area contributed by atoms with Crippen LogP contribution < -0.4 is 4.74 Å². The first-order chi connectivity index (χ1) is 16.9. The van der Waals surface area contributed by atoms with E-state index in [-0.39, 0.29) is 11.3 Å². The Morgan fingerprint density at radius 1 is 1.11 bits per heavy atom. The lowest BCUT2D eigenvalue weighted by Gasteiger charge is -2.31. The molecule has 0 unspecified atom stereocenters. The Bertz CT molecular complexity index is 1110. The van der Waals surface area contributed by atoms with Gasteiger partial charge in [0.15, 0.2) is 0 Å². The van der Waals surface area contributed by atoms with Crippen molar-refractivity contribution in [2.75, 3.05) is 46.0 Å². The molecule has 2 aromatic rings. The number of nitrogens with zero attached hydrogens (tertiary/aromatic N) is 2. The molecule has 2 aliphatic rings. The van der Waals surface area contributed by atoms with Gasteiger partial charge < -0.3 is 19.5 Å². The molecular formula is C27H31FN2O5. The van der Waals surface area contributed by atoms with Gasteiger partial charge in [-0.15, -0.1) is 0 Å². The number of benzene rings is 2. The molecule has 2 aromatic carbocycles. The predicted octanol–water partition coefficient (Wildman–Crippen LogP) is 3.68. The minimum atomic E-state index is -0.812. The standard InChI is InChI=1S/C27H31FN2O5/c1-3-14-35-22-9-6-20(17-18(22)2)25(31)23-24(19-4-7-21(28)8-5-19)30(27(33)26(23)32)11-10-29-12-15-34-16-13-29/h4-9,17,24,31H,3,10-16H2,1-2H3/t24-/m1/s1. The number of carbonyl (C=O) groups excluding carboxylic acids is 2. The van der Waals surface area contributed by atoms with Gasteiger partial charge in [-0.05, 0) is 54.8 Å². The second kappa shape index (κ2) is 11.0. The molecule has 0 aromatic heterocycles. The van der Waals surface area contributed by atoms with E-state index in [4.69, 9.17) is 9.47 Å². The third kappa shape index (κ3) is 5.39. The summed E-state index contributed by atoms with van der Waals surface area (Å²) in [7, 11) is 0. The molecule has 0 bridgehead atoms. The number of ether oxygens (including phenoxy) is 2. The minimum Gasteiger partial charge on any atom is -0.507 e. The summed E-state index contributed by atoms with van der Waals surface area (Å²) in [4.78, 5) is 29.9. The van der Waals surface area contributed by atoms with Crippen molar-refractivity contribution in [3.05, 3.63) is 70.5 Å². The van der Waals surface area contributed by atoms with Crippen molar-refractivity contribution < 1.29 is 28.6 Å². The van der Waals surface area contributed by atoms with Crippen molar-refractivity contribution in [1.29, 1.82) is 0 Å². The van der Waals surface area contributed by atoms with E-state index in [2.05, 4.69) is 4.90 Å². The number of rotatable bonds is 8. The topological polar surface area (TPSA) is 79.3 Å². The molecule has 8 heteroatoms. The molecule has 2 fully saturated rings. The molecule has 2 saturated heterocycles. The summed E-state index contributed by atoms with van der Waals surface area (Å²) in [5, 5.41) is 11.3. The fourth-order valence-corrected chi connectivity index (χ4v) is 4.50. The normalized spacial score (nSPS) is 20.4. The highest BCUT2D eigenvalue weighted by molar-refractivity contribution is 6.46. The number of halogens is 1. The maximum absolute atomic E-state index is 13.7. The van der Waals surface area contributed by atoms with E-state index in [1.807, 2.05) is 13.8 Å². The molecule has 2 aliphatic heterocycles. The molecule has 186 valence electrons. The third-order valence-corrected chi connectivity index (χ3v) is 6.40. The number of likely N-dealkylation sites (tertiary alicyclic amines) is 1. The van der Waals surface area contributed by atoms with Crippen LogP contribution in [0.2, 0.25) is 0 Å². The van der Waals surface area contributed by atoms with E-state index in [1.165, 1.54) is 17.0 Å². The molecule has 0 radical (unpaired) electrons. The zero-order valence-electron chi connectivity index (χ0n) is 20.1. The number of amides is 1. The second-order valence-corrected chi connectivity index (χ2v) is 8.83. The number of morpholine rings is 1. The number of aliphatic hydroxyl groups excluding tert-OH is 1. The number of hydrogen-bond acceptors (Lipinski definition) is 6. The SMILES string of the molecule is CCCOc1ccc(C(O)=C2C(=O)C(=O)N(CCN3CCOCC3)[C@@H]2c2ccc(F)cc2)cc1C. The maximum Gasteiger partial charge on any atom is 0.295 e. The second-order valence-electron chi connectivity index (χ2n) is 8.83. The number of Topliss-reactive ketones (excluding diaryl/α,β-unsaturated/α-hetero) is 1. The van der Waals surface area contributed by atoms with Crippen LogP contribution in [0.25, 0.3) is 5.76 Å². The van der Waals surface area contributed by atoms with Gasteiger partial charge in [-0.25, -0.2) is 4.39 Å². The van der Waals surface area contributed by atoms with Gasteiger partial charge in [-0.1, -0.05) is 19.1 Å². The van der Waals surface area contributed by atoms with Crippen LogP contribution in [0.5, 0.6) is 5.75 Å². The van der Waals surface area contributed by atoms with Crippen molar-refractivity contribution in [3.8, 4) is 5.75 Å². The largest absolute Gasteiger partial charge is 0.507 e. The highest BCUT2D eigenvalue weighted by atomic mass is 19.1. The molecule has 2 heterocycles. The first-order valence-electron chi connectivity index (χ1n) is 12.0. The molecule has 0 saturated carbocycles. The Balaban J connectivity index is 1.71. The van der Waals surface area contributed by atoms with E-state index < -0.39 is 23.5 Å². The molecular weight excluding hydrogens is 451 g/mol. The van der Waals surface area contributed by atoms with E-state index in [0.717, 1.165) is 25.1 Å². The number of hydrogen-bond donors (Lipinski definition) is 1. The number of aryl methyl sites for hydroxylation is 1. The van der Waals surface area contributed by atoms with Gasteiger partial charge in [0.05, 0.1) is 31.4 Å². The van der Waals surface area contributed by atoms with Crippen LogP contribution in [-0.4, -0.2) is 72.6 Å². The quantitative estimate of drug-likeness (QED) is 0.351. The summed E-state index contributed by atoms with van der Waals surface area (Å²) in [5.41, 5.74) is 1.80. The lowest BCUT2D eigenvalue weighted by atomic mass is 9.94. The van der Waals surface area contributed by atoms with E-state index in [1.54, 1.807) is 30.3 Å². The molecule has 4 rings (SSSR count). The Morgan fingerprint density at radius 3 is 2.49 bits per heavy atom. The lowest BCUT2D eigenvalue weighted by molar-refractivity contribution is -0.140. The van der Waals surface area contributed by atoms with Gasteiger partial charge >= 0.3 is 0 Å². The summed E-state index contributed by atoms with van der Waals surface area (Å²) >= 11 is 0. The minimum absolute atomic E-state index is 0.00483. The Kier molecular flexibility index (Phi) is 7.83. The smallest absolute Gasteiger partial charge is 0.295 e. The van der Waals surface area contributed by atoms with Crippen molar-refractivity contribution in [2.45, 2.75) is 26.3 Å². The average molecular weight is 483 g/mol. The highest BCUT2D eigenvalue weighted by Crippen LogP contribution is 2.39. The molecule has 1 atom stereocenters. The Morgan fingerprint density at radius 2 is 1.83 bits per heavy atom. The van der Waals surface area contributed by atoms with Crippen molar-refractivity contribution in [1.82, 2.24) is 9.80 Å². The molecule has 1 N–H and O–H groups in total. The van der Waals surface area contributed by atoms with E-state index in [9.17, 15) is 19.1 Å². The van der Waals surface area contributed by atoms with Crippen LogP contribution in [0, 0.1) is 12.7 Å². The summed E-state index contributed by atoms with van der Waals surface area (Å²) < 4.78 is 24.8. The van der Waals surface area contributed by atoms with Crippen LogP contribution in [0.3, 0.4) is 0 Å². The van der Waals surface area contributed by atoms with Gasteiger partial charge in [-0.2, -0.15) is 0 Å². The summed E-state index contributed by atoms with van der Waals surface area (Å²) in [5.74, 6) is -1.39. The van der Waals surface area contributed by atoms with Crippen molar-refractivity contribution in [2.24, 2.45) is 0 Å². The van der Waals surface area contributed by atoms with Crippen LogP contribution >= 0.6 is 0 Å². The molecule has 35 heavy (non-hydrogen) atoms. The van der Waals surface area contributed by atoms with Crippen LogP contribution in [0.1, 0.15) is 36.1 Å². The van der Waals surface area contributed by atoms with Gasteiger partial charge in [0.25, 0.3) is 11.7 Å². The number of ketones is 1. The first-order valence-corrected chi connectivity index (χ1v) is 12.0. The van der Waals surface area contributed by atoms with Crippen molar-refractivity contribution in [3.63, 3.8) is 0 Å². The van der Waals surface area contributed by atoms with E-state index >= 15 is 0 Å². The monoisotopic (exact) mass is 482 g/mol. The molecule has 0 aliphatic carbocycles. The average Bonchev–Trinajstić information content (AvgIpc) is 3.12. The van der Waals surface area contributed by atoms with Gasteiger partial charge in [0.1, 0.15) is 17.3 Å². The number of aliphatic hydroxyl groups is 1. The van der Waals surface area contributed by atoms with Crippen LogP contribution in [-0.2, 0) is 14.3 Å². The van der Waals surface area contributed by atoms with Crippen LogP contribution in [0.4, 0.5) is 4.39 Å². The lowest BCUT2D eigenvalue weighted by Crippen LogP contribution is -2.42. The van der Waals surface area contributed by atoms with Gasteiger partial charge in [0, 0.05) is 31.7 Å². The van der Waals surface area contributed by atoms with Gasteiger partial charge in [0.2, 0.25) is 0 Å². The first kappa shape index (κ1) is 24.9.